The lowest BCUT2D eigenvalue weighted by Crippen LogP contribution is -2.29. The largest absolute Gasteiger partial charge is 0.478 e. The van der Waals surface area contributed by atoms with Crippen LogP contribution in [-0.4, -0.2) is 15.0 Å². The molecule has 5 heteroatoms. The van der Waals surface area contributed by atoms with Crippen LogP contribution in [0.5, 0.6) is 0 Å². The molecule has 0 saturated carbocycles. The minimum Gasteiger partial charge on any atom is -0.478 e. The summed E-state index contributed by atoms with van der Waals surface area (Å²) in [5.41, 5.74) is -0.274. The summed E-state index contributed by atoms with van der Waals surface area (Å²) >= 11 is 1.21. The number of carboxylic acids is 1. The average molecular weight is 251 g/mol. The average Bonchev–Trinajstić information content (AvgIpc) is 2.55. The SMILES string of the molecule is CC(C)(C)n1sc2c(C(=O)O)cccc2c1=O. The predicted octanol–water partition coefficient (Wildman–Crippen LogP) is 2.52. The third-order valence-electron chi connectivity index (χ3n) is 2.45. The van der Waals surface area contributed by atoms with Gasteiger partial charge in [-0.2, -0.15) is 0 Å². The van der Waals surface area contributed by atoms with Gasteiger partial charge in [-0.15, -0.1) is 0 Å². The van der Waals surface area contributed by atoms with Gasteiger partial charge in [-0.3, -0.25) is 8.75 Å². The van der Waals surface area contributed by atoms with E-state index in [4.69, 9.17) is 5.11 Å². The van der Waals surface area contributed by atoms with Crippen LogP contribution in [0.2, 0.25) is 0 Å². The quantitative estimate of drug-likeness (QED) is 0.847. The molecule has 0 aliphatic rings. The van der Waals surface area contributed by atoms with E-state index in [2.05, 4.69) is 0 Å². The molecule has 4 nitrogen and oxygen atoms in total. The third-order valence-corrected chi connectivity index (χ3v) is 3.97. The molecule has 2 rings (SSSR count). The Morgan fingerprint density at radius 3 is 2.53 bits per heavy atom. The summed E-state index contributed by atoms with van der Waals surface area (Å²) in [6.07, 6.45) is 0. The number of hydrogen-bond acceptors (Lipinski definition) is 3. The number of aromatic nitrogens is 1. The molecule has 1 aromatic heterocycles. The first-order chi connectivity index (χ1) is 7.82. The van der Waals surface area contributed by atoms with Gasteiger partial charge in [0.15, 0.2) is 0 Å². The summed E-state index contributed by atoms with van der Waals surface area (Å²) in [4.78, 5) is 23.2. The van der Waals surface area contributed by atoms with Gasteiger partial charge in [0.2, 0.25) is 0 Å². The highest BCUT2D eigenvalue weighted by Gasteiger charge is 2.21. The van der Waals surface area contributed by atoms with Crippen LogP contribution in [0, 0.1) is 0 Å². The van der Waals surface area contributed by atoms with Crippen LogP contribution < -0.4 is 5.56 Å². The predicted molar refractivity (Wildman–Crippen MR) is 68.0 cm³/mol. The Balaban J connectivity index is 2.87. The number of hydrogen-bond donors (Lipinski definition) is 1. The molecule has 1 aromatic carbocycles. The van der Waals surface area contributed by atoms with Crippen LogP contribution in [0.3, 0.4) is 0 Å². The first kappa shape index (κ1) is 11.9. The number of benzene rings is 1. The molecule has 17 heavy (non-hydrogen) atoms. The van der Waals surface area contributed by atoms with Crippen molar-refractivity contribution in [3.8, 4) is 0 Å². The van der Waals surface area contributed by atoms with Crippen molar-refractivity contribution in [2.45, 2.75) is 26.3 Å². The summed E-state index contributed by atoms with van der Waals surface area (Å²) in [7, 11) is 0. The van der Waals surface area contributed by atoms with E-state index in [0.717, 1.165) is 0 Å². The maximum atomic E-state index is 12.1. The van der Waals surface area contributed by atoms with Gasteiger partial charge in [0.05, 0.1) is 21.2 Å². The van der Waals surface area contributed by atoms with E-state index < -0.39 is 5.97 Å². The van der Waals surface area contributed by atoms with Crippen LogP contribution in [-0.2, 0) is 5.54 Å². The molecule has 0 atom stereocenters. The normalized spacial score (nSPS) is 11.9. The van der Waals surface area contributed by atoms with E-state index in [1.165, 1.54) is 17.6 Å². The number of carboxylic acid groups (broad SMARTS) is 1. The van der Waals surface area contributed by atoms with Crippen molar-refractivity contribution in [1.29, 1.82) is 0 Å². The number of rotatable bonds is 1. The monoisotopic (exact) mass is 251 g/mol. The fourth-order valence-electron chi connectivity index (χ4n) is 1.66. The van der Waals surface area contributed by atoms with Crippen molar-refractivity contribution < 1.29 is 9.90 Å². The van der Waals surface area contributed by atoms with Crippen molar-refractivity contribution in [2.75, 3.05) is 0 Å². The topological polar surface area (TPSA) is 59.3 Å². The Hall–Kier alpha value is -1.62. The molecule has 0 fully saturated rings. The molecule has 1 N–H and O–H groups in total. The van der Waals surface area contributed by atoms with E-state index in [1.54, 1.807) is 16.1 Å². The Morgan fingerprint density at radius 1 is 1.35 bits per heavy atom. The minimum absolute atomic E-state index is 0.124. The molecule has 0 amide bonds. The van der Waals surface area contributed by atoms with E-state index >= 15 is 0 Å². The van der Waals surface area contributed by atoms with Gasteiger partial charge in [-0.05, 0) is 32.9 Å². The van der Waals surface area contributed by atoms with E-state index in [0.29, 0.717) is 10.1 Å². The van der Waals surface area contributed by atoms with Gasteiger partial charge in [-0.1, -0.05) is 17.6 Å². The van der Waals surface area contributed by atoms with Gasteiger partial charge in [0.25, 0.3) is 5.56 Å². The van der Waals surface area contributed by atoms with E-state index in [-0.39, 0.29) is 16.7 Å². The Morgan fingerprint density at radius 2 is 2.00 bits per heavy atom. The molecule has 0 spiro atoms. The lowest BCUT2D eigenvalue weighted by molar-refractivity contribution is 0.0699. The summed E-state index contributed by atoms with van der Waals surface area (Å²) < 4.78 is 2.16. The van der Waals surface area contributed by atoms with Gasteiger partial charge in [0.1, 0.15) is 0 Å². The Labute approximate surface area is 102 Å². The standard InChI is InChI=1S/C12H13NO3S/c1-12(2,3)13-10(14)7-5-4-6-8(11(15)16)9(7)17-13/h4-6H,1-3H3,(H,15,16). The van der Waals surface area contributed by atoms with E-state index in [9.17, 15) is 9.59 Å². The van der Waals surface area contributed by atoms with Crippen LogP contribution in [0.15, 0.2) is 23.0 Å². The van der Waals surface area contributed by atoms with Gasteiger partial charge in [0, 0.05) is 0 Å². The zero-order chi connectivity index (χ0) is 12.8. The second-order valence-electron chi connectivity index (χ2n) is 4.85. The van der Waals surface area contributed by atoms with Crippen molar-refractivity contribution in [1.82, 2.24) is 3.96 Å². The molecule has 0 aliphatic carbocycles. The Bertz CT molecular complexity index is 646. The van der Waals surface area contributed by atoms with Crippen LogP contribution in [0.25, 0.3) is 10.1 Å². The number of aromatic carboxylic acids is 1. The fourth-order valence-corrected chi connectivity index (χ4v) is 2.80. The third kappa shape index (κ3) is 1.86. The zero-order valence-corrected chi connectivity index (χ0v) is 10.7. The van der Waals surface area contributed by atoms with Crippen LogP contribution in [0.4, 0.5) is 0 Å². The molecule has 0 radical (unpaired) electrons. The highest BCUT2D eigenvalue weighted by Crippen LogP contribution is 2.25. The number of carbonyl (C=O) groups is 1. The molecule has 1 heterocycles. The molecular weight excluding hydrogens is 238 g/mol. The molecule has 90 valence electrons. The molecule has 2 aromatic rings. The second kappa shape index (κ2) is 3.70. The van der Waals surface area contributed by atoms with Crippen molar-refractivity contribution in [2.24, 2.45) is 0 Å². The van der Waals surface area contributed by atoms with Crippen LogP contribution in [0.1, 0.15) is 31.1 Å². The minimum atomic E-state index is -1.00. The lowest BCUT2D eigenvalue weighted by Gasteiger charge is -2.18. The lowest BCUT2D eigenvalue weighted by atomic mass is 10.1. The summed E-state index contributed by atoms with van der Waals surface area (Å²) in [6, 6.07) is 4.80. The number of fused-ring (bicyclic) bond motifs is 1. The van der Waals surface area contributed by atoms with Crippen molar-refractivity contribution >= 4 is 27.6 Å². The zero-order valence-electron chi connectivity index (χ0n) is 9.85. The second-order valence-corrected chi connectivity index (χ2v) is 5.81. The highest BCUT2D eigenvalue weighted by atomic mass is 32.1. The molecular formula is C12H13NO3S. The molecule has 0 bridgehead atoms. The van der Waals surface area contributed by atoms with Crippen LogP contribution >= 0.6 is 11.5 Å². The van der Waals surface area contributed by atoms with Gasteiger partial charge in [-0.25, -0.2) is 4.79 Å². The van der Waals surface area contributed by atoms with E-state index in [1.807, 2.05) is 20.8 Å². The smallest absolute Gasteiger partial charge is 0.337 e. The number of nitrogens with zero attached hydrogens (tertiary/aromatic N) is 1. The maximum Gasteiger partial charge on any atom is 0.337 e. The van der Waals surface area contributed by atoms with Crippen molar-refractivity contribution in [3.05, 3.63) is 34.1 Å². The summed E-state index contributed by atoms with van der Waals surface area (Å²) in [6.45, 7) is 5.76. The first-order valence-electron chi connectivity index (χ1n) is 5.21. The first-order valence-corrected chi connectivity index (χ1v) is 5.98. The maximum absolute atomic E-state index is 12.1. The fraction of sp³-hybridized carbons (Fsp3) is 0.333. The molecule has 0 aliphatic heterocycles. The van der Waals surface area contributed by atoms with Gasteiger partial charge >= 0.3 is 5.97 Å². The highest BCUT2D eigenvalue weighted by molar-refractivity contribution is 7.14. The summed E-state index contributed by atoms with van der Waals surface area (Å²) in [5, 5.41) is 9.56. The van der Waals surface area contributed by atoms with Gasteiger partial charge < -0.3 is 5.11 Å². The molecule has 0 unspecified atom stereocenters. The summed E-state index contributed by atoms with van der Waals surface area (Å²) in [5.74, 6) is -1.00. The molecule has 0 saturated heterocycles. The van der Waals surface area contributed by atoms with Crippen molar-refractivity contribution in [3.63, 3.8) is 0 Å². The Kier molecular flexibility index (Phi) is 2.58.